The van der Waals surface area contributed by atoms with Crippen LogP contribution in [0.15, 0.2) is 79.2 Å². The number of fused-ring (bicyclic) bond motifs is 4. The predicted octanol–water partition coefficient (Wildman–Crippen LogP) is 13.4. The Morgan fingerprint density at radius 3 is 2.11 bits per heavy atom. The smallest absolute Gasteiger partial charge is 0.221 e. The minimum Gasteiger partial charge on any atom is -0.512 e. The van der Waals surface area contributed by atoms with Crippen LogP contribution in [-0.2, 0) is 36.7 Å². The molecule has 0 saturated carbocycles. The van der Waals surface area contributed by atoms with Crippen LogP contribution in [0.25, 0.3) is 32.7 Å². The average Bonchev–Trinajstić information content (AvgIpc) is 3.68. The van der Waals surface area contributed by atoms with E-state index >= 15 is 0 Å². The molecule has 0 spiro atoms. The molecule has 3 aromatic carbocycles. The van der Waals surface area contributed by atoms with Crippen molar-refractivity contribution in [1.82, 2.24) is 0 Å². The Kier molecular flexibility index (Phi) is 14.8. The van der Waals surface area contributed by atoms with Gasteiger partial charge >= 0.3 is 0 Å². The second-order valence-corrected chi connectivity index (χ2v) is 16.1. The molecule has 0 aliphatic heterocycles. The summed E-state index contributed by atoms with van der Waals surface area (Å²) in [5, 5.41) is 14.5. The molecule has 1 radical (unpaired) electrons. The molecule has 7 heteroatoms. The number of aliphatic imine (C=N–C) groups is 2. The predicted molar refractivity (Wildman–Crippen MR) is 220 cm³/mol. The molecule has 5 rings (SSSR count). The zero-order chi connectivity index (χ0) is 38.4. The van der Waals surface area contributed by atoms with Crippen molar-refractivity contribution in [3.8, 4) is 0 Å². The van der Waals surface area contributed by atoms with Crippen molar-refractivity contribution in [2.24, 2.45) is 26.7 Å². The Balaban J connectivity index is 0.000000359. The number of furan rings is 2. The summed E-state index contributed by atoms with van der Waals surface area (Å²) in [6.07, 6.45) is 9.06. The molecule has 53 heavy (non-hydrogen) atoms. The van der Waals surface area contributed by atoms with E-state index in [1.54, 1.807) is 6.21 Å². The van der Waals surface area contributed by atoms with Crippen molar-refractivity contribution in [3.63, 3.8) is 0 Å². The first-order valence-corrected chi connectivity index (χ1v) is 18.9. The van der Waals surface area contributed by atoms with E-state index in [9.17, 15) is 9.90 Å². The van der Waals surface area contributed by atoms with E-state index in [2.05, 4.69) is 81.0 Å². The number of rotatable bonds is 12. The molecule has 0 bridgehead atoms. The van der Waals surface area contributed by atoms with E-state index in [4.69, 9.17) is 8.83 Å². The summed E-state index contributed by atoms with van der Waals surface area (Å²) < 4.78 is 12.1. The Morgan fingerprint density at radius 2 is 1.51 bits per heavy atom. The molecule has 6 nitrogen and oxygen atoms in total. The molecular weight excluding hydrogens is 837 g/mol. The molecule has 5 aromatic rings. The number of ketones is 1. The van der Waals surface area contributed by atoms with Gasteiger partial charge in [0, 0.05) is 54.0 Å². The van der Waals surface area contributed by atoms with Gasteiger partial charge in [-0.3, -0.25) is 9.79 Å². The molecule has 2 heterocycles. The van der Waals surface area contributed by atoms with Crippen LogP contribution in [0.1, 0.15) is 124 Å². The molecule has 0 unspecified atom stereocenters. The Morgan fingerprint density at radius 1 is 0.868 bits per heavy atom. The van der Waals surface area contributed by atoms with Gasteiger partial charge in [-0.25, -0.2) is 4.99 Å². The van der Waals surface area contributed by atoms with Crippen molar-refractivity contribution in [2.75, 3.05) is 0 Å². The summed E-state index contributed by atoms with van der Waals surface area (Å²) in [6.45, 7) is 25.2. The van der Waals surface area contributed by atoms with Crippen LogP contribution in [0.4, 0.5) is 5.88 Å². The summed E-state index contributed by atoms with van der Waals surface area (Å²) >= 11 is 0. The van der Waals surface area contributed by atoms with Crippen LogP contribution in [0.2, 0.25) is 0 Å². The van der Waals surface area contributed by atoms with Crippen molar-refractivity contribution in [1.29, 1.82) is 0 Å². The Bertz CT molecular complexity index is 2100. The SMILES string of the molecule is CCC(C)(CC)C(=O)/C=C(\O)C(C)(CC)CC.Cc1oc2c(ccc3oc(/N=C\N=Cc4[c-]c5ccccc5c(C(C)(C)C)c4)cc32)c1CC(C)C.[Ir]. The fourth-order valence-electron chi connectivity index (χ4n) is 6.38. The third kappa shape index (κ3) is 10.0. The molecule has 0 fully saturated rings. The maximum absolute atomic E-state index is 12.2. The van der Waals surface area contributed by atoms with Crippen molar-refractivity contribution in [2.45, 2.75) is 121 Å². The summed E-state index contributed by atoms with van der Waals surface area (Å²) in [4.78, 5) is 21.0. The molecule has 0 saturated heterocycles. The van der Waals surface area contributed by atoms with Crippen LogP contribution in [0.3, 0.4) is 0 Å². The third-order valence-electron chi connectivity index (χ3n) is 10.9. The molecule has 0 atom stereocenters. The number of aryl methyl sites for hydroxylation is 1. The number of aliphatic hydroxyl groups is 1. The monoisotopic (exact) mass is 896 g/mol. The van der Waals surface area contributed by atoms with Crippen LogP contribution < -0.4 is 0 Å². The standard InChI is InChI=1S/C31H31N2O2.C15H28O2.Ir/c1-19(2)13-25-20(3)34-30-24(25)11-12-28-26(30)16-29(35-28)33-18-32-17-21-14-22-9-7-8-10-23(22)27(15-21)31(4,5)6;1-7-14(5,8-2)12(16)11-13(17)15(6,9-3)10-4;/h7-12,15-19H,13H2,1-6H3;11,16H,7-10H2,1-6H3;/q-1;;/b32-17?,33-18-;12-11-;. The van der Waals surface area contributed by atoms with Gasteiger partial charge in [0.15, 0.2) is 5.78 Å². The Hall–Kier alpha value is -3.80. The van der Waals surface area contributed by atoms with Crippen molar-refractivity contribution < 1.29 is 38.8 Å². The fourth-order valence-corrected chi connectivity index (χ4v) is 6.38. The van der Waals surface area contributed by atoms with E-state index in [1.165, 1.54) is 28.9 Å². The summed E-state index contributed by atoms with van der Waals surface area (Å²) in [5.74, 6) is 2.32. The zero-order valence-corrected chi connectivity index (χ0v) is 36.3. The first kappa shape index (κ1) is 43.6. The van der Waals surface area contributed by atoms with Crippen molar-refractivity contribution in [3.05, 3.63) is 88.9 Å². The van der Waals surface area contributed by atoms with E-state index in [0.717, 1.165) is 70.8 Å². The fraction of sp³-hybridized carbons (Fsp3) is 0.457. The van der Waals surface area contributed by atoms with Gasteiger partial charge in [0.05, 0.1) is 5.39 Å². The largest absolute Gasteiger partial charge is 0.512 e. The molecule has 287 valence electrons. The number of hydrogen-bond donors (Lipinski definition) is 1. The van der Waals surface area contributed by atoms with Crippen LogP contribution >= 0.6 is 0 Å². The van der Waals surface area contributed by atoms with E-state index in [-0.39, 0.29) is 47.9 Å². The van der Waals surface area contributed by atoms with Gasteiger partial charge in [0.2, 0.25) is 5.88 Å². The number of carbonyl (C=O) groups is 1. The third-order valence-corrected chi connectivity index (χ3v) is 10.9. The molecular formula is C46H59IrN2O4-. The summed E-state index contributed by atoms with van der Waals surface area (Å²) in [5.41, 5.74) is 4.51. The van der Waals surface area contributed by atoms with E-state index in [1.807, 2.05) is 66.7 Å². The normalized spacial score (nSPS) is 13.0. The summed E-state index contributed by atoms with van der Waals surface area (Å²) in [6, 6.07) is 20.0. The maximum atomic E-state index is 12.2. The Labute approximate surface area is 330 Å². The van der Waals surface area contributed by atoms with Gasteiger partial charge in [-0.1, -0.05) is 99.7 Å². The molecule has 0 aliphatic carbocycles. The zero-order valence-electron chi connectivity index (χ0n) is 33.9. The van der Waals surface area contributed by atoms with Crippen LogP contribution in [0, 0.1) is 29.7 Å². The number of benzene rings is 3. The van der Waals surface area contributed by atoms with Gasteiger partial charge < -0.3 is 13.9 Å². The molecule has 0 aliphatic rings. The molecule has 1 N–H and O–H groups in total. The average molecular weight is 896 g/mol. The maximum Gasteiger partial charge on any atom is 0.221 e. The summed E-state index contributed by atoms with van der Waals surface area (Å²) in [7, 11) is 0. The second-order valence-electron chi connectivity index (χ2n) is 16.1. The number of allylic oxidation sites excluding steroid dienone is 2. The number of hydrogen-bond acceptors (Lipinski definition) is 5. The van der Waals surface area contributed by atoms with Crippen LogP contribution in [-0.4, -0.2) is 23.4 Å². The van der Waals surface area contributed by atoms with Gasteiger partial charge in [0.1, 0.15) is 29.0 Å². The number of carbonyl (C=O) groups excluding carboxylic acids is 1. The number of aliphatic hydroxyl groups excluding tert-OH is 1. The van der Waals surface area contributed by atoms with Gasteiger partial charge in [-0.2, -0.15) is 0 Å². The number of nitrogens with zero attached hydrogens (tertiary/aromatic N) is 2. The minimum atomic E-state index is -0.337. The second kappa shape index (κ2) is 18.0. The topological polar surface area (TPSA) is 88.3 Å². The first-order chi connectivity index (χ1) is 24.5. The van der Waals surface area contributed by atoms with Gasteiger partial charge in [-0.05, 0) is 68.7 Å². The molecule has 0 amide bonds. The van der Waals surface area contributed by atoms with Gasteiger partial charge in [0.25, 0.3) is 0 Å². The minimum absolute atomic E-state index is 0. The van der Waals surface area contributed by atoms with Crippen LogP contribution in [0.5, 0.6) is 0 Å². The molecule has 2 aromatic heterocycles. The van der Waals surface area contributed by atoms with Gasteiger partial charge in [-0.15, -0.1) is 34.7 Å². The van der Waals surface area contributed by atoms with E-state index in [0.29, 0.717) is 11.8 Å². The first-order valence-electron chi connectivity index (χ1n) is 18.9. The quantitative estimate of drug-likeness (QED) is 0.0444. The van der Waals surface area contributed by atoms with Crippen molar-refractivity contribution >= 4 is 56.9 Å². The van der Waals surface area contributed by atoms with E-state index < -0.39 is 0 Å².